The molecule has 2 aromatic heterocycles. The van der Waals surface area contributed by atoms with Gasteiger partial charge in [0.25, 0.3) is 0 Å². The summed E-state index contributed by atoms with van der Waals surface area (Å²) in [4.78, 5) is 12.2. The highest BCUT2D eigenvalue weighted by atomic mass is 79.9. The highest BCUT2D eigenvalue weighted by molar-refractivity contribution is 9.10. The summed E-state index contributed by atoms with van der Waals surface area (Å²) >= 11 is 4.42. The van der Waals surface area contributed by atoms with Crippen LogP contribution in [0, 0.1) is 5.82 Å². The Morgan fingerprint density at radius 2 is 2.18 bits per heavy atom. The Kier molecular flexibility index (Phi) is 5.12. The highest BCUT2D eigenvalue weighted by Gasteiger charge is 2.33. The van der Waals surface area contributed by atoms with Crippen molar-refractivity contribution < 1.29 is 23.0 Å². The third-order valence-electron chi connectivity index (χ3n) is 3.91. The van der Waals surface area contributed by atoms with Crippen LogP contribution in [0.3, 0.4) is 0 Å². The molecule has 1 aliphatic heterocycles. The molecule has 1 aliphatic rings. The summed E-state index contributed by atoms with van der Waals surface area (Å²) in [6, 6.07) is 4.08. The molecule has 0 N–H and O–H groups in total. The minimum absolute atomic E-state index is 0.0937. The fraction of sp³-hybridized carbons (Fsp3) is 0.375. The number of benzene rings is 1. The fourth-order valence-corrected chi connectivity index (χ4v) is 3.91. The van der Waals surface area contributed by atoms with Crippen LogP contribution in [0.1, 0.15) is 13.8 Å². The number of halogens is 2. The van der Waals surface area contributed by atoms with Gasteiger partial charge in [0.15, 0.2) is 16.5 Å². The molecular formula is C16H14BrFN4O5S. The molecule has 1 aromatic carbocycles. The van der Waals surface area contributed by atoms with E-state index in [1.165, 1.54) is 30.0 Å². The molecule has 0 saturated carbocycles. The fourth-order valence-electron chi connectivity index (χ4n) is 2.68. The Morgan fingerprint density at radius 3 is 2.89 bits per heavy atom. The van der Waals surface area contributed by atoms with E-state index in [1.54, 1.807) is 0 Å². The van der Waals surface area contributed by atoms with Crippen LogP contribution in [0.4, 0.5) is 4.39 Å². The SMILES string of the molecule is CC1(C)OC[C@@H](CSc2nonc2-c2noc(=O)n2-c2ccc(F)c(Br)c2)O1. The first kappa shape index (κ1) is 19.3. The second kappa shape index (κ2) is 7.43. The molecule has 1 atom stereocenters. The summed E-state index contributed by atoms with van der Waals surface area (Å²) in [5.41, 5.74) is 0.581. The second-order valence-electron chi connectivity index (χ2n) is 6.39. The summed E-state index contributed by atoms with van der Waals surface area (Å²) in [5.74, 6) is -1.21. The van der Waals surface area contributed by atoms with E-state index in [9.17, 15) is 9.18 Å². The van der Waals surface area contributed by atoms with E-state index in [2.05, 4.69) is 31.4 Å². The minimum atomic E-state index is -0.748. The van der Waals surface area contributed by atoms with Crippen molar-refractivity contribution in [3.05, 3.63) is 39.0 Å². The lowest BCUT2D eigenvalue weighted by Crippen LogP contribution is -2.22. The quantitative estimate of drug-likeness (QED) is 0.517. The number of hydrogen-bond donors (Lipinski definition) is 0. The van der Waals surface area contributed by atoms with Crippen LogP contribution in [-0.2, 0) is 9.47 Å². The van der Waals surface area contributed by atoms with E-state index in [4.69, 9.17) is 18.6 Å². The Balaban J connectivity index is 1.62. The zero-order valence-electron chi connectivity index (χ0n) is 14.7. The highest BCUT2D eigenvalue weighted by Crippen LogP contribution is 2.32. The van der Waals surface area contributed by atoms with Crippen molar-refractivity contribution in [2.75, 3.05) is 12.4 Å². The molecule has 1 fully saturated rings. The first-order chi connectivity index (χ1) is 13.3. The number of hydrogen-bond acceptors (Lipinski definition) is 9. The molecule has 28 heavy (non-hydrogen) atoms. The number of rotatable bonds is 5. The maximum absolute atomic E-state index is 13.5. The van der Waals surface area contributed by atoms with Gasteiger partial charge in [-0.15, -0.1) is 0 Å². The molecule has 12 heteroatoms. The van der Waals surface area contributed by atoms with Gasteiger partial charge >= 0.3 is 5.76 Å². The largest absolute Gasteiger partial charge is 0.446 e. The van der Waals surface area contributed by atoms with E-state index in [0.29, 0.717) is 23.1 Å². The van der Waals surface area contributed by atoms with Crippen LogP contribution in [0.2, 0.25) is 0 Å². The molecule has 0 spiro atoms. The van der Waals surface area contributed by atoms with Crippen LogP contribution in [-0.4, -0.2) is 44.3 Å². The normalized spacial score (nSPS) is 18.6. The van der Waals surface area contributed by atoms with E-state index < -0.39 is 17.4 Å². The van der Waals surface area contributed by atoms with E-state index >= 15 is 0 Å². The van der Waals surface area contributed by atoms with Crippen molar-refractivity contribution >= 4 is 27.7 Å². The molecule has 3 aromatic rings. The average Bonchev–Trinajstić information content (AvgIpc) is 3.34. The Hall–Kier alpha value is -2.02. The van der Waals surface area contributed by atoms with Crippen LogP contribution < -0.4 is 5.76 Å². The van der Waals surface area contributed by atoms with Crippen molar-refractivity contribution in [3.8, 4) is 17.2 Å². The zero-order chi connectivity index (χ0) is 19.9. The summed E-state index contributed by atoms with van der Waals surface area (Å²) in [7, 11) is 0. The van der Waals surface area contributed by atoms with Crippen molar-refractivity contribution in [2.24, 2.45) is 0 Å². The number of ether oxygens (including phenoxy) is 2. The van der Waals surface area contributed by atoms with E-state index in [1.807, 2.05) is 13.8 Å². The standard InChI is InChI=1S/C16H14BrFN4O5S/c1-16(2)24-6-9(25-16)7-28-14-12(19-27-21-14)13-20-26-15(23)22(13)8-3-4-11(18)10(17)5-8/h3-5,9H,6-7H2,1-2H3/t9-/m0/s1. The molecule has 0 unspecified atom stereocenters. The Bertz CT molecular complexity index is 1070. The summed E-state index contributed by atoms with van der Waals surface area (Å²) in [6.07, 6.45) is -0.128. The van der Waals surface area contributed by atoms with Crippen LogP contribution >= 0.6 is 27.7 Å². The van der Waals surface area contributed by atoms with Crippen LogP contribution in [0.15, 0.2) is 41.6 Å². The molecule has 1 saturated heterocycles. The number of nitrogens with zero attached hydrogens (tertiary/aromatic N) is 4. The molecule has 9 nitrogen and oxygen atoms in total. The van der Waals surface area contributed by atoms with Gasteiger partial charge in [0.05, 0.1) is 22.9 Å². The number of aromatic nitrogens is 4. The third-order valence-corrected chi connectivity index (χ3v) is 5.60. The van der Waals surface area contributed by atoms with Gasteiger partial charge in [-0.2, -0.15) is 0 Å². The molecule has 0 amide bonds. The monoisotopic (exact) mass is 472 g/mol. The molecule has 0 aliphatic carbocycles. The summed E-state index contributed by atoms with van der Waals surface area (Å²) in [6.45, 7) is 4.14. The van der Waals surface area contributed by atoms with Gasteiger partial charge in [-0.1, -0.05) is 16.9 Å². The molecular weight excluding hydrogens is 459 g/mol. The maximum atomic E-state index is 13.5. The zero-order valence-corrected chi connectivity index (χ0v) is 17.1. The van der Waals surface area contributed by atoms with Gasteiger partial charge in [-0.3, -0.25) is 4.52 Å². The average molecular weight is 473 g/mol. The minimum Gasteiger partial charge on any atom is -0.348 e. The first-order valence-electron chi connectivity index (χ1n) is 8.16. The van der Waals surface area contributed by atoms with Gasteiger partial charge in [0.1, 0.15) is 5.82 Å². The summed E-state index contributed by atoms with van der Waals surface area (Å²) in [5, 5.41) is 11.9. The van der Waals surface area contributed by atoms with E-state index in [0.717, 1.165) is 4.57 Å². The smallest absolute Gasteiger partial charge is 0.348 e. The van der Waals surface area contributed by atoms with Crippen LogP contribution in [0.25, 0.3) is 17.2 Å². The third kappa shape index (κ3) is 3.77. The predicted molar refractivity (Wildman–Crippen MR) is 98.7 cm³/mol. The second-order valence-corrected chi connectivity index (χ2v) is 8.25. The predicted octanol–water partition coefficient (Wildman–Crippen LogP) is 3.02. The van der Waals surface area contributed by atoms with Crippen molar-refractivity contribution in [3.63, 3.8) is 0 Å². The van der Waals surface area contributed by atoms with Gasteiger partial charge < -0.3 is 9.47 Å². The van der Waals surface area contributed by atoms with E-state index in [-0.39, 0.29) is 22.1 Å². The number of thioether (sulfide) groups is 1. The van der Waals surface area contributed by atoms with Gasteiger partial charge in [-0.05, 0) is 58.3 Å². The van der Waals surface area contributed by atoms with Gasteiger partial charge in [0.2, 0.25) is 5.82 Å². The lowest BCUT2D eigenvalue weighted by atomic mass is 10.3. The molecule has 4 rings (SSSR count). The topological polar surface area (TPSA) is 105 Å². The molecule has 148 valence electrons. The lowest BCUT2D eigenvalue weighted by molar-refractivity contribution is -0.135. The Labute approximate surface area is 170 Å². The maximum Gasteiger partial charge on any atom is 0.446 e. The molecule has 0 radical (unpaired) electrons. The summed E-state index contributed by atoms with van der Waals surface area (Å²) < 4.78 is 35.8. The molecule has 0 bridgehead atoms. The van der Waals surface area contributed by atoms with Gasteiger partial charge in [-0.25, -0.2) is 18.4 Å². The van der Waals surface area contributed by atoms with Crippen molar-refractivity contribution in [1.82, 2.24) is 20.0 Å². The molecule has 3 heterocycles. The van der Waals surface area contributed by atoms with Crippen LogP contribution in [0.5, 0.6) is 0 Å². The van der Waals surface area contributed by atoms with Gasteiger partial charge in [0, 0.05) is 5.75 Å². The lowest BCUT2D eigenvalue weighted by Gasteiger charge is -2.16. The van der Waals surface area contributed by atoms with Crippen molar-refractivity contribution in [2.45, 2.75) is 30.8 Å². The van der Waals surface area contributed by atoms with Crippen molar-refractivity contribution in [1.29, 1.82) is 0 Å². The first-order valence-corrected chi connectivity index (χ1v) is 9.93. The Morgan fingerprint density at radius 1 is 1.36 bits per heavy atom.